The van der Waals surface area contributed by atoms with Gasteiger partial charge in [0.2, 0.25) is 0 Å². The van der Waals surface area contributed by atoms with Crippen molar-refractivity contribution in [2.75, 3.05) is 13.2 Å². The van der Waals surface area contributed by atoms with E-state index in [2.05, 4.69) is 53.2 Å². The Morgan fingerprint density at radius 1 is 0.939 bits per heavy atom. The number of hydrogen-bond acceptors (Lipinski definition) is 4. The first-order chi connectivity index (χ1) is 16.1. The van der Waals surface area contributed by atoms with Crippen LogP contribution in [0.2, 0.25) is 0 Å². The molecule has 5 nitrogen and oxygen atoms in total. The Morgan fingerprint density at radius 2 is 1.76 bits per heavy atom. The lowest BCUT2D eigenvalue weighted by molar-refractivity contribution is 0.236. The van der Waals surface area contributed by atoms with Crippen LogP contribution in [-0.2, 0) is 20.1 Å². The number of hydrogen-bond donors (Lipinski definition) is 0. The smallest absolute Gasteiger partial charge is 0.250 e. The third kappa shape index (κ3) is 6.08. The van der Waals surface area contributed by atoms with E-state index < -0.39 is 0 Å². The van der Waals surface area contributed by atoms with E-state index >= 15 is 0 Å². The molecule has 0 radical (unpaired) electrons. The molecule has 0 saturated heterocycles. The van der Waals surface area contributed by atoms with Crippen molar-refractivity contribution in [2.24, 2.45) is 7.05 Å². The molecule has 4 aromatic rings. The number of benzene rings is 2. The molecule has 0 bridgehead atoms. The zero-order valence-corrected chi connectivity index (χ0v) is 19.4. The molecule has 170 valence electrons. The first-order valence-electron chi connectivity index (χ1n) is 11.5. The molecule has 0 atom stereocenters. The lowest BCUT2D eigenvalue weighted by atomic mass is 10.1. The second-order valence-electron chi connectivity index (χ2n) is 8.50. The Hall–Kier alpha value is -3.44. The van der Waals surface area contributed by atoms with Gasteiger partial charge in [0, 0.05) is 44.0 Å². The van der Waals surface area contributed by atoms with Crippen molar-refractivity contribution in [3.63, 3.8) is 0 Å². The Bertz CT molecular complexity index is 1250. The van der Waals surface area contributed by atoms with Gasteiger partial charge in [-0.15, -0.1) is 0 Å². The van der Waals surface area contributed by atoms with Crippen LogP contribution in [0.15, 0.2) is 83.9 Å². The largest absolute Gasteiger partial charge is 0.494 e. The molecule has 2 aromatic carbocycles. The second-order valence-corrected chi connectivity index (χ2v) is 8.50. The summed E-state index contributed by atoms with van der Waals surface area (Å²) in [4.78, 5) is 18.4. The molecule has 4 rings (SSSR count). The van der Waals surface area contributed by atoms with Crippen LogP contribution in [-0.4, -0.2) is 27.6 Å². The van der Waals surface area contributed by atoms with Gasteiger partial charge in [-0.05, 0) is 79.4 Å². The molecule has 2 heterocycles. The van der Waals surface area contributed by atoms with Gasteiger partial charge in [0.05, 0.1) is 12.1 Å². The lowest BCUT2D eigenvalue weighted by Crippen LogP contribution is -2.24. The molecule has 33 heavy (non-hydrogen) atoms. The zero-order chi connectivity index (χ0) is 23.0. The number of ether oxygens (including phenoxy) is 1. The highest BCUT2D eigenvalue weighted by molar-refractivity contribution is 5.80. The molecule has 0 aliphatic heterocycles. The van der Waals surface area contributed by atoms with Crippen LogP contribution < -0.4 is 10.3 Å². The predicted molar refractivity (Wildman–Crippen MR) is 133 cm³/mol. The van der Waals surface area contributed by atoms with Crippen molar-refractivity contribution in [3.05, 3.63) is 106 Å². The number of aromatic nitrogens is 2. The summed E-state index contributed by atoms with van der Waals surface area (Å²) in [5, 5.41) is 1.01. The summed E-state index contributed by atoms with van der Waals surface area (Å²) in [5.41, 5.74) is 4.89. The van der Waals surface area contributed by atoms with Gasteiger partial charge in [0.1, 0.15) is 5.75 Å². The topological polar surface area (TPSA) is 47.4 Å². The van der Waals surface area contributed by atoms with Crippen LogP contribution in [0.25, 0.3) is 10.9 Å². The molecule has 0 amide bonds. The highest BCUT2D eigenvalue weighted by Gasteiger charge is 2.09. The van der Waals surface area contributed by atoms with Crippen LogP contribution in [0.4, 0.5) is 0 Å². The van der Waals surface area contributed by atoms with E-state index in [9.17, 15) is 4.79 Å². The minimum atomic E-state index is -0.00168. The molecule has 0 unspecified atom stereocenters. The normalized spacial score (nSPS) is 11.2. The average Bonchev–Trinajstić information content (AvgIpc) is 2.83. The van der Waals surface area contributed by atoms with Gasteiger partial charge >= 0.3 is 0 Å². The average molecular weight is 442 g/mol. The quantitative estimate of drug-likeness (QED) is 0.321. The van der Waals surface area contributed by atoms with E-state index in [1.54, 1.807) is 17.7 Å². The van der Waals surface area contributed by atoms with E-state index in [4.69, 9.17) is 4.74 Å². The fourth-order valence-corrected chi connectivity index (χ4v) is 4.07. The third-order valence-electron chi connectivity index (χ3n) is 6.04. The van der Waals surface area contributed by atoms with Crippen molar-refractivity contribution in [1.82, 2.24) is 14.5 Å². The molecular formula is C28H31N3O2. The van der Waals surface area contributed by atoms with Crippen molar-refractivity contribution in [3.8, 4) is 5.75 Å². The maximum absolute atomic E-state index is 11.8. The highest BCUT2D eigenvalue weighted by atomic mass is 16.5. The van der Waals surface area contributed by atoms with Gasteiger partial charge in [-0.2, -0.15) is 0 Å². The van der Waals surface area contributed by atoms with Crippen molar-refractivity contribution < 1.29 is 4.74 Å². The predicted octanol–water partition coefficient (Wildman–Crippen LogP) is 5.10. The maximum atomic E-state index is 11.8. The number of aryl methyl sites for hydroxylation is 2. The number of fused-ring (bicyclic) bond motifs is 1. The van der Waals surface area contributed by atoms with Gasteiger partial charge in [0.25, 0.3) is 5.56 Å². The molecule has 0 N–H and O–H groups in total. The summed E-state index contributed by atoms with van der Waals surface area (Å²) in [6.07, 6.45) is 5.75. The van der Waals surface area contributed by atoms with Gasteiger partial charge < -0.3 is 9.30 Å². The molecule has 2 aromatic heterocycles. The molecule has 0 spiro atoms. The molecule has 0 saturated carbocycles. The highest BCUT2D eigenvalue weighted by Crippen LogP contribution is 2.20. The number of rotatable bonds is 10. The van der Waals surface area contributed by atoms with E-state index in [1.807, 2.05) is 36.7 Å². The zero-order valence-electron chi connectivity index (χ0n) is 19.4. The Kier molecular flexibility index (Phi) is 7.53. The summed E-state index contributed by atoms with van der Waals surface area (Å²) < 4.78 is 7.67. The van der Waals surface area contributed by atoms with Gasteiger partial charge in [0.15, 0.2) is 0 Å². The molecular weight excluding hydrogens is 410 g/mol. The summed E-state index contributed by atoms with van der Waals surface area (Å²) in [6, 6.07) is 22.1. The Morgan fingerprint density at radius 3 is 2.58 bits per heavy atom. The van der Waals surface area contributed by atoms with E-state index in [0.717, 1.165) is 49.1 Å². The van der Waals surface area contributed by atoms with Crippen LogP contribution in [0.5, 0.6) is 5.75 Å². The molecule has 0 aliphatic rings. The van der Waals surface area contributed by atoms with E-state index in [-0.39, 0.29) is 5.56 Å². The monoisotopic (exact) mass is 441 g/mol. The Balaban J connectivity index is 1.32. The van der Waals surface area contributed by atoms with Gasteiger partial charge in [-0.3, -0.25) is 14.7 Å². The summed E-state index contributed by atoms with van der Waals surface area (Å²) >= 11 is 0. The first-order valence-corrected chi connectivity index (χ1v) is 11.5. The second kappa shape index (κ2) is 10.9. The van der Waals surface area contributed by atoms with Gasteiger partial charge in [-0.25, -0.2) is 0 Å². The van der Waals surface area contributed by atoms with Crippen molar-refractivity contribution in [1.29, 1.82) is 0 Å². The van der Waals surface area contributed by atoms with Crippen molar-refractivity contribution in [2.45, 2.75) is 32.9 Å². The summed E-state index contributed by atoms with van der Waals surface area (Å²) in [5.74, 6) is 0.842. The fraction of sp³-hybridized carbons (Fsp3) is 0.286. The van der Waals surface area contributed by atoms with Gasteiger partial charge in [-0.1, -0.05) is 24.3 Å². The van der Waals surface area contributed by atoms with Crippen LogP contribution >= 0.6 is 0 Å². The molecule has 0 fully saturated rings. The fourth-order valence-electron chi connectivity index (χ4n) is 4.07. The van der Waals surface area contributed by atoms with Crippen molar-refractivity contribution >= 4 is 10.9 Å². The Labute approximate surface area is 195 Å². The molecule has 5 heteroatoms. The molecule has 0 aliphatic carbocycles. The van der Waals surface area contributed by atoms with Crippen LogP contribution in [0, 0.1) is 6.92 Å². The van der Waals surface area contributed by atoms with E-state index in [0.29, 0.717) is 6.61 Å². The number of nitrogens with zero attached hydrogens (tertiary/aromatic N) is 3. The lowest BCUT2D eigenvalue weighted by Gasteiger charge is -2.23. The maximum Gasteiger partial charge on any atom is 0.250 e. The minimum absolute atomic E-state index is 0.00168. The first kappa shape index (κ1) is 22.7. The summed E-state index contributed by atoms with van der Waals surface area (Å²) in [7, 11) is 1.79. The van der Waals surface area contributed by atoms with Crippen LogP contribution in [0.1, 0.15) is 29.5 Å². The number of unbranched alkanes of at least 4 members (excludes halogenated alkanes) is 1. The SMILES string of the molecule is Cc1ccccc1CN(CCCCOc1ccc2c(ccc(=O)n2C)c1)Cc1ccncc1. The minimum Gasteiger partial charge on any atom is -0.494 e. The van der Waals surface area contributed by atoms with E-state index in [1.165, 1.54) is 16.7 Å². The van der Waals surface area contributed by atoms with Crippen LogP contribution in [0.3, 0.4) is 0 Å². The standard InChI is InChI=1S/C28H31N3O2/c1-22-7-3-4-8-25(22)21-31(20-23-13-15-29-16-14-23)17-5-6-18-33-26-10-11-27-24(19-26)9-12-28(32)30(27)2/h3-4,7-16,19H,5-6,17-18,20-21H2,1-2H3. The third-order valence-corrected chi connectivity index (χ3v) is 6.04. The summed E-state index contributed by atoms with van der Waals surface area (Å²) in [6.45, 7) is 5.68. The number of pyridine rings is 2.